The Balaban J connectivity index is 1.54. The Morgan fingerprint density at radius 3 is 2.67 bits per heavy atom. The Labute approximate surface area is 183 Å². The molecule has 2 fully saturated rings. The van der Waals surface area contributed by atoms with E-state index in [2.05, 4.69) is 61.3 Å². The van der Waals surface area contributed by atoms with E-state index >= 15 is 0 Å². The highest BCUT2D eigenvalue weighted by molar-refractivity contribution is 7.80. The molecule has 4 heterocycles. The largest absolute Gasteiger partial charge is 0.352 e. The predicted molar refractivity (Wildman–Crippen MR) is 122 cm³/mol. The third-order valence-corrected chi connectivity index (χ3v) is 6.68. The van der Waals surface area contributed by atoms with Crippen molar-refractivity contribution in [2.75, 3.05) is 0 Å². The lowest BCUT2D eigenvalue weighted by molar-refractivity contribution is 0.191. The Morgan fingerprint density at radius 2 is 1.90 bits per heavy atom. The average molecular weight is 418 g/mol. The van der Waals surface area contributed by atoms with Gasteiger partial charge in [-0.25, -0.2) is 0 Å². The molecule has 5 nitrogen and oxygen atoms in total. The molecule has 3 aromatic heterocycles. The molecule has 1 aliphatic heterocycles. The van der Waals surface area contributed by atoms with Crippen molar-refractivity contribution in [3.05, 3.63) is 84.2 Å². The van der Waals surface area contributed by atoms with Gasteiger partial charge in [-0.3, -0.25) is 9.97 Å². The van der Waals surface area contributed by atoms with Crippen LogP contribution in [0.4, 0.5) is 0 Å². The summed E-state index contributed by atoms with van der Waals surface area (Å²) in [6, 6.07) is 15.3. The number of pyridine rings is 2. The Bertz CT molecular complexity index is 981. The summed E-state index contributed by atoms with van der Waals surface area (Å²) in [5, 5.41) is 4.47. The summed E-state index contributed by atoms with van der Waals surface area (Å²) < 4.78 is 2.34. The molecule has 0 aromatic carbocycles. The minimum absolute atomic E-state index is 0.0446. The van der Waals surface area contributed by atoms with E-state index in [4.69, 9.17) is 12.2 Å². The molecule has 0 amide bonds. The third kappa shape index (κ3) is 3.72. The molecule has 154 valence electrons. The van der Waals surface area contributed by atoms with E-state index in [1.807, 2.05) is 30.7 Å². The van der Waals surface area contributed by atoms with Gasteiger partial charge >= 0.3 is 0 Å². The van der Waals surface area contributed by atoms with Gasteiger partial charge in [-0.2, -0.15) is 0 Å². The van der Waals surface area contributed by atoms with Gasteiger partial charge in [-0.15, -0.1) is 0 Å². The quantitative estimate of drug-likeness (QED) is 0.613. The van der Waals surface area contributed by atoms with E-state index in [1.165, 1.54) is 43.4 Å². The van der Waals surface area contributed by atoms with Gasteiger partial charge in [0.1, 0.15) is 0 Å². The van der Waals surface area contributed by atoms with E-state index in [0.29, 0.717) is 6.04 Å². The summed E-state index contributed by atoms with van der Waals surface area (Å²) in [5.74, 6) is 0. The van der Waals surface area contributed by atoms with Crippen molar-refractivity contribution in [3.8, 4) is 0 Å². The van der Waals surface area contributed by atoms with Crippen LogP contribution in [0.5, 0.6) is 0 Å². The summed E-state index contributed by atoms with van der Waals surface area (Å²) in [5.41, 5.74) is 3.51. The highest BCUT2D eigenvalue weighted by Gasteiger charge is 2.44. The zero-order valence-electron chi connectivity index (χ0n) is 17.0. The van der Waals surface area contributed by atoms with E-state index in [9.17, 15) is 0 Å². The van der Waals surface area contributed by atoms with Crippen molar-refractivity contribution in [1.82, 2.24) is 24.8 Å². The number of thiocarbonyl (C=S) groups is 1. The van der Waals surface area contributed by atoms with Crippen LogP contribution in [0.3, 0.4) is 0 Å². The Hall–Kier alpha value is -2.73. The van der Waals surface area contributed by atoms with Gasteiger partial charge < -0.3 is 14.8 Å². The molecule has 0 radical (unpaired) electrons. The van der Waals surface area contributed by atoms with Crippen LogP contribution < -0.4 is 5.32 Å². The van der Waals surface area contributed by atoms with E-state index < -0.39 is 0 Å². The highest BCUT2D eigenvalue weighted by Crippen LogP contribution is 2.42. The van der Waals surface area contributed by atoms with Crippen LogP contribution in [0, 0.1) is 0 Å². The molecule has 30 heavy (non-hydrogen) atoms. The topological polar surface area (TPSA) is 46.0 Å². The number of rotatable bonds is 5. The molecular formula is C24H27N5S. The molecule has 5 rings (SSSR count). The number of aromatic nitrogens is 3. The van der Waals surface area contributed by atoms with Crippen LogP contribution in [0.1, 0.15) is 61.1 Å². The molecule has 0 spiro atoms. The van der Waals surface area contributed by atoms with Crippen LogP contribution in [-0.4, -0.2) is 30.6 Å². The fourth-order valence-corrected chi connectivity index (χ4v) is 5.35. The fraction of sp³-hybridized carbons (Fsp3) is 0.375. The second-order valence-corrected chi connectivity index (χ2v) is 8.63. The van der Waals surface area contributed by atoms with Crippen molar-refractivity contribution < 1.29 is 0 Å². The Morgan fingerprint density at radius 1 is 1.00 bits per heavy atom. The summed E-state index contributed by atoms with van der Waals surface area (Å²) in [6.45, 7) is 0.798. The first kappa shape index (κ1) is 19.2. The van der Waals surface area contributed by atoms with E-state index in [0.717, 1.165) is 17.4 Å². The molecule has 0 unspecified atom stereocenters. The molecule has 2 atom stereocenters. The lowest BCUT2D eigenvalue weighted by Gasteiger charge is -2.37. The average Bonchev–Trinajstić information content (AvgIpc) is 3.39. The molecule has 1 N–H and O–H groups in total. The van der Waals surface area contributed by atoms with Gasteiger partial charge in [0.2, 0.25) is 0 Å². The van der Waals surface area contributed by atoms with E-state index in [-0.39, 0.29) is 12.1 Å². The number of nitrogens with zero attached hydrogens (tertiary/aromatic N) is 4. The molecule has 1 saturated heterocycles. The zero-order chi connectivity index (χ0) is 20.3. The maximum absolute atomic E-state index is 5.89. The first-order valence-corrected chi connectivity index (χ1v) is 11.3. The van der Waals surface area contributed by atoms with Crippen LogP contribution >= 0.6 is 12.2 Å². The molecule has 1 aliphatic carbocycles. The summed E-state index contributed by atoms with van der Waals surface area (Å²) in [6.07, 6.45) is 14.1. The van der Waals surface area contributed by atoms with Gasteiger partial charge in [0.25, 0.3) is 0 Å². The maximum atomic E-state index is 5.89. The Kier molecular flexibility index (Phi) is 5.49. The minimum Gasteiger partial charge on any atom is -0.352 e. The van der Waals surface area contributed by atoms with Gasteiger partial charge in [-0.1, -0.05) is 31.4 Å². The van der Waals surface area contributed by atoms with Crippen molar-refractivity contribution in [2.45, 2.75) is 56.8 Å². The van der Waals surface area contributed by atoms with Gasteiger partial charge in [0, 0.05) is 43.1 Å². The fourth-order valence-electron chi connectivity index (χ4n) is 4.96. The molecule has 6 heteroatoms. The zero-order valence-corrected chi connectivity index (χ0v) is 17.8. The predicted octanol–water partition coefficient (Wildman–Crippen LogP) is 4.63. The number of nitrogens with one attached hydrogen (secondary N) is 1. The molecule has 3 aromatic rings. The highest BCUT2D eigenvalue weighted by atomic mass is 32.1. The first-order chi connectivity index (χ1) is 14.8. The summed E-state index contributed by atoms with van der Waals surface area (Å²) in [4.78, 5) is 11.4. The second-order valence-electron chi connectivity index (χ2n) is 8.25. The van der Waals surface area contributed by atoms with Crippen LogP contribution in [0.15, 0.2) is 67.3 Å². The van der Waals surface area contributed by atoms with Crippen LogP contribution in [0.25, 0.3) is 0 Å². The van der Waals surface area contributed by atoms with Crippen molar-refractivity contribution in [1.29, 1.82) is 0 Å². The number of hydrogen-bond acceptors (Lipinski definition) is 3. The van der Waals surface area contributed by atoms with Crippen LogP contribution in [0.2, 0.25) is 0 Å². The van der Waals surface area contributed by atoms with Crippen LogP contribution in [-0.2, 0) is 6.54 Å². The first-order valence-electron chi connectivity index (χ1n) is 10.8. The smallest absolute Gasteiger partial charge is 0.170 e. The minimum atomic E-state index is 0.0446. The van der Waals surface area contributed by atoms with Gasteiger partial charge in [0.15, 0.2) is 5.11 Å². The molecule has 1 saturated carbocycles. The third-order valence-electron chi connectivity index (χ3n) is 6.35. The van der Waals surface area contributed by atoms with Gasteiger partial charge in [0.05, 0.1) is 17.8 Å². The summed E-state index contributed by atoms with van der Waals surface area (Å²) >= 11 is 5.89. The normalized spacial score (nSPS) is 22.3. The maximum Gasteiger partial charge on any atom is 0.170 e. The lowest BCUT2D eigenvalue weighted by Crippen LogP contribution is -2.40. The molecule has 2 aliphatic rings. The number of hydrogen-bond donors (Lipinski definition) is 1. The summed E-state index contributed by atoms with van der Waals surface area (Å²) in [7, 11) is 0. The standard InChI is InChI=1S/C24H27N5S/c30-24-27-22(20-11-4-5-14-26-20)23(29(24)19-9-2-1-3-10-19)21-12-7-15-28(21)17-18-8-6-13-25-16-18/h4-8,11-16,19,22-23H,1-3,9-10,17H2,(H,27,30)/t22-,23+/m1/s1. The van der Waals surface area contributed by atoms with Crippen molar-refractivity contribution >= 4 is 17.3 Å². The monoisotopic (exact) mass is 417 g/mol. The second kappa shape index (κ2) is 8.56. The SMILES string of the molecule is S=C1N[C@H](c2ccccn2)[C@H](c2cccn2Cc2cccnc2)N1C1CCCCC1. The van der Waals surface area contributed by atoms with E-state index in [1.54, 1.807) is 0 Å². The molecular weight excluding hydrogens is 390 g/mol. The molecule has 0 bridgehead atoms. The van der Waals surface area contributed by atoms with Gasteiger partial charge in [-0.05, 0) is 61.0 Å². The van der Waals surface area contributed by atoms with Crippen molar-refractivity contribution in [2.24, 2.45) is 0 Å². The lowest BCUT2D eigenvalue weighted by atomic mass is 9.92. The van der Waals surface area contributed by atoms with Crippen molar-refractivity contribution in [3.63, 3.8) is 0 Å².